The van der Waals surface area contributed by atoms with Gasteiger partial charge in [-0.05, 0) is 30.7 Å². The van der Waals surface area contributed by atoms with Crippen molar-refractivity contribution in [1.82, 2.24) is 10.2 Å². The third-order valence-corrected chi connectivity index (χ3v) is 5.10. The summed E-state index contributed by atoms with van der Waals surface area (Å²) in [7, 11) is 0. The Morgan fingerprint density at radius 2 is 1.97 bits per heavy atom. The summed E-state index contributed by atoms with van der Waals surface area (Å²) in [6.45, 7) is 4.48. The van der Waals surface area contributed by atoms with Crippen LogP contribution in [0.15, 0.2) is 54.6 Å². The molecule has 2 N–H and O–H groups in total. The fraction of sp³-hybridized carbons (Fsp3) is 0.435. The van der Waals surface area contributed by atoms with Gasteiger partial charge in [-0.2, -0.15) is 0 Å². The molecular formula is C23H30N2O4. The maximum absolute atomic E-state index is 13.2. The zero-order valence-electron chi connectivity index (χ0n) is 17.1. The summed E-state index contributed by atoms with van der Waals surface area (Å²) in [5.74, 6) is 0.0238. The summed E-state index contributed by atoms with van der Waals surface area (Å²) >= 11 is 0. The number of benzene rings is 1. The van der Waals surface area contributed by atoms with E-state index in [0.717, 1.165) is 11.8 Å². The average Bonchev–Trinajstić information content (AvgIpc) is 2.71. The van der Waals surface area contributed by atoms with Gasteiger partial charge in [0.05, 0.1) is 11.5 Å². The zero-order valence-corrected chi connectivity index (χ0v) is 17.1. The molecule has 1 aliphatic carbocycles. The lowest BCUT2D eigenvalue weighted by Crippen LogP contribution is -2.52. The summed E-state index contributed by atoms with van der Waals surface area (Å²) in [5.41, 5.74) is -0.0793. The first-order valence-electron chi connectivity index (χ1n) is 9.99. The van der Waals surface area contributed by atoms with Gasteiger partial charge in [0, 0.05) is 13.1 Å². The molecule has 1 aromatic carbocycles. The molecule has 1 aromatic rings. The molecule has 0 heterocycles. The predicted octanol–water partition coefficient (Wildman–Crippen LogP) is 3.44. The van der Waals surface area contributed by atoms with Gasteiger partial charge in [-0.3, -0.25) is 4.79 Å². The minimum Gasteiger partial charge on any atom is -0.465 e. The highest BCUT2D eigenvalue weighted by atomic mass is 16.4. The smallest absolute Gasteiger partial charge is 0.407 e. The van der Waals surface area contributed by atoms with E-state index in [9.17, 15) is 19.5 Å². The van der Waals surface area contributed by atoms with Gasteiger partial charge in [0.15, 0.2) is 0 Å². The van der Waals surface area contributed by atoms with Crippen LogP contribution in [0.25, 0.3) is 0 Å². The van der Waals surface area contributed by atoms with E-state index in [1.165, 1.54) is 4.90 Å². The van der Waals surface area contributed by atoms with Gasteiger partial charge < -0.3 is 20.1 Å². The van der Waals surface area contributed by atoms with Crippen LogP contribution in [0.3, 0.4) is 0 Å². The minimum atomic E-state index is -1.04. The number of amides is 2. The molecule has 0 aromatic heterocycles. The monoisotopic (exact) mass is 398 g/mol. The van der Waals surface area contributed by atoms with E-state index < -0.39 is 17.6 Å². The van der Waals surface area contributed by atoms with Crippen LogP contribution in [0.1, 0.15) is 32.3 Å². The van der Waals surface area contributed by atoms with Gasteiger partial charge in [-0.15, -0.1) is 0 Å². The number of carbonyl (C=O) groups excluding carboxylic acids is 2. The highest BCUT2D eigenvalue weighted by Gasteiger charge is 2.39. The SMILES string of the molecule is CC(C)CCN(C[C@@]1(C(=O)NC(C=O)Cc2ccccc2)C=CC=CC1)C(=O)O. The predicted molar refractivity (Wildman–Crippen MR) is 113 cm³/mol. The number of rotatable bonds is 10. The van der Waals surface area contributed by atoms with Crippen molar-refractivity contribution < 1.29 is 19.5 Å². The van der Waals surface area contributed by atoms with E-state index in [2.05, 4.69) is 5.32 Å². The van der Waals surface area contributed by atoms with Crippen molar-refractivity contribution in [3.8, 4) is 0 Å². The molecule has 0 radical (unpaired) electrons. The second-order valence-corrected chi connectivity index (χ2v) is 7.94. The quantitative estimate of drug-likeness (QED) is 0.591. The topological polar surface area (TPSA) is 86.7 Å². The van der Waals surface area contributed by atoms with Crippen molar-refractivity contribution in [1.29, 1.82) is 0 Å². The van der Waals surface area contributed by atoms with E-state index >= 15 is 0 Å². The molecule has 29 heavy (non-hydrogen) atoms. The van der Waals surface area contributed by atoms with Crippen molar-refractivity contribution >= 4 is 18.3 Å². The van der Waals surface area contributed by atoms with Crippen LogP contribution in [-0.4, -0.2) is 47.4 Å². The second-order valence-electron chi connectivity index (χ2n) is 7.94. The second kappa shape index (κ2) is 10.6. The van der Waals surface area contributed by atoms with Crippen LogP contribution in [0, 0.1) is 11.3 Å². The molecule has 0 bridgehead atoms. The molecule has 2 atom stereocenters. The number of allylic oxidation sites excluding steroid dienone is 3. The Morgan fingerprint density at radius 3 is 2.52 bits per heavy atom. The van der Waals surface area contributed by atoms with Crippen LogP contribution < -0.4 is 5.32 Å². The highest BCUT2D eigenvalue weighted by molar-refractivity contribution is 5.88. The summed E-state index contributed by atoms with van der Waals surface area (Å²) in [4.78, 5) is 37.9. The Labute approximate surface area is 172 Å². The fourth-order valence-corrected chi connectivity index (χ4v) is 3.33. The van der Waals surface area contributed by atoms with Crippen molar-refractivity contribution in [2.45, 2.75) is 39.2 Å². The molecule has 0 spiro atoms. The van der Waals surface area contributed by atoms with Crippen LogP contribution in [0.2, 0.25) is 0 Å². The Hall–Kier alpha value is -2.89. The van der Waals surface area contributed by atoms with Gasteiger partial charge >= 0.3 is 6.09 Å². The lowest BCUT2D eigenvalue weighted by atomic mass is 9.79. The largest absolute Gasteiger partial charge is 0.465 e. The third kappa shape index (κ3) is 6.59. The van der Waals surface area contributed by atoms with Gasteiger partial charge in [0.2, 0.25) is 5.91 Å². The standard InChI is InChI=1S/C23H30N2O4/c1-18(2)11-14-25(22(28)29)17-23(12-7-4-8-13-23)21(27)24-20(16-26)15-19-9-5-3-6-10-19/h3-10,12,16,18,20H,11,13-15,17H2,1-2H3,(H,24,27)(H,28,29)/t20?,23-/m1/s1. The number of nitrogens with one attached hydrogen (secondary N) is 1. The average molecular weight is 399 g/mol. The molecule has 0 saturated carbocycles. The Kier molecular flexibility index (Phi) is 8.19. The number of hydrogen-bond donors (Lipinski definition) is 2. The van der Waals surface area contributed by atoms with Crippen molar-refractivity contribution in [3.63, 3.8) is 0 Å². The third-order valence-electron chi connectivity index (χ3n) is 5.10. The van der Waals surface area contributed by atoms with E-state index in [4.69, 9.17) is 0 Å². The van der Waals surface area contributed by atoms with E-state index in [0.29, 0.717) is 31.7 Å². The Morgan fingerprint density at radius 1 is 1.24 bits per heavy atom. The number of carbonyl (C=O) groups is 3. The van der Waals surface area contributed by atoms with Gasteiger partial charge in [-0.1, -0.05) is 68.5 Å². The molecule has 2 amide bonds. The Bertz CT molecular complexity index is 757. The Balaban J connectivity index is 2.15. The van der Waals surface area contributed by atoms with Crippen LogP contribution in [0.4, 0.5) is 4.79 Å². The highest BCUT2D eigenvalue weighted by Crippen LogP contribution is 2.30. The number of carboxylic acid groups (broad SMARTS) is 1. The summed E-state index contributed by atoms with van der Waals surface area (Å²) in [6, 6.07) is 8.79. The molecule has 0 aliphatic heterocycles. The molecule has 2 rings (SSSR count). The van der Waals surface area contributed by atoms with Crippen molar-refractivity contribution in [2.24, 2.45) is 11.3 Å². The summed E-state index contributed by atoms with van der Waals surface area (Å²) in [6.07, 6.45) is 8.39. The van der Waals surface area contributed by atoms with Crippen LogP contribution in [0.5, 0.6) is 0 Å². The molecule has 6 heteroatoms. The van der Waals surface area contributed by atoms with Crippen LogP contribution >= 0.6 is 0 Å². The normalized spacial score (nSPS) is 19.0. The number of nitrogens with zero attached hydrogens (tertiary/aromatic N) is 1. The first-order valence-corrected chi connectivity index (χ1v) is 9.99. The lowest BCUT2D eigenvalue weighted by Gasteiger charge is -2.35. The van der Waals surface area contributed by atoms with Gasteiger partial charge in [-0.25, -0.2) is 4.79 Å². The molecule has 1 unspecified atom stereocenters. The first-order chi connectivity index (χ1) is 13.9. The molecule has 0 fully saturated rings. The molecular weight excluding hydrogens is 368 g/mol. The zero-order chi connectivity index (χ0) is 21.3. The molecule has 6 nitrogen and oxygen atoms in total. The summed E-state index contributed by atoms with van der Waals surface area (Å²) in [5, 5.41) is 12.5. The van der Waals surface area contributed by atoms with E-state index in [1.807, 2.05) is 56.3 Å². The van der Waals surface area contributed by atoms with E-state index in [1.54, 1.807) is 12.2 Å². The number of hydrogen-bond acceptors (Lipinski definition) is 3. The molecule has 0 saturated heterocycles. The molecule has 156 valence electrons. The lowest BCUT2D eigenvalue weighted by molar-refractivity contribution is -0.131. The van der Waals surface area contributed by atoms with Gasteiger partial charge in [0.25, 0.3) is 0 Å². The maximum atomic E-state index is 13.2. The first kappa shape index (κ1) is 22.4. The minimum absolute atomic E-state index is 0.0542. The summed E-state index contributed by atoms with van der Waals surface area (Å²) < 4.78 is 0. The number of aldehydes is 1. The maximum Gasteiger partial charge on any atom is 0.407 e. The van der Waals surface area contributed by atoms with Gasteiger partial charge in [0.1, 0.15) is 6.29 Å². The van der Waals surface area contributed by atoms with Crippen molar-refractivity contribution in [3.05, 3.63) is 60.2 Å². The van der Waals surface area contributed by atoms with Crippen LogP contribution in [-0.2, 0) is 16.0 Å². The van der Waals surface area contributed by atoms with Crippen molar-refractivity contribution in [2.75, 3.05) is 13.1 Å². The fourth-order valence-electron chi connectivity index (χ4n) is 3.33. The van der Waals surface area contributed by atoms with E-state index in [-0.39, 0.29) is 12.5 Å². The molecule has 1 aliphatic rings.